The molecule has 0 aliphatic carbocycles. The molecule has 1 aromatic heterocycles. The Morgan fingerprint density at radius 2 is 2.00 bits per heavy atom. The standard InChI is InChI=1S/C5H10N2OP2/c1-3-6-7-4(8-3)5(2,9)10/h9-10H2,1-2H3. The third kappa shape index (κ3) is 1.74. The lowest BCUT2D eigenvalue weighted by atomic mass is 10.5. The Labute approximate surface area is 64.4 Å². The summed E-state index contributed by atoms with van der Waals surface area (Å²) in [6.45, 7) is 3.74. The van der Waals surface area contributed by atoms with Gasteiger partial charge in [0.15, 0.2) is 0 Å². The minimum absolute atomic E-state index is 0.193. The maximum Gasteiger partial charge on any atom is 0.229 e. The fraction of sp³-hybridized carbons (Fsp3) is 0.600. The molecule has 3 nitrogen and oxygen atoms in total. The van der Waals surface area contributed by atoms with Crippen molar-refractivity contribution in [1.29, 1.82) is 0 Å². The first-order valence-electron chi connectivity index (χ1n) is 2.88. The highest BCUT2D eigenvalue weighted by Crippen LogP contribution is 2.36. The smallest absolute Gasteiger partial charge is 0.229 e. The predicted octanol–water partition coefficient (Wildman–Crippen LogP) is 1.30. The van der Waals surface area contributed by atoms with E-state index in [1.807, 2.05) is 6.92 Å². The van der Waals surface area contributed by atoms with Crippen LogP contribution >= 0.6 is 18.5 Å². The summed E-state index contributed by atoms with van der Waals surface area (Å²) in [6, 6.07) is 0. The van der Waals surface area contributed by atoms with Gasteiger partial charge in [-0.25, -0.2) is 0 Å². The van der Waals surface area contributed by atoms with Crippen molar-refractivity contribution in [2.24, 2.45) is 0 Å². The monoisotopic (exact) mass is 176 g/mol. The van der Waals surface area contributed by atoms with Crippen LogP contribution in [0.25, 0.3) is 0 Å². The van der Waals surface area contributed by atoms with E-state index in [1.165, 1.54) is 0 Å². The average Bonchev–Trinajstić information content (AvgIpc) is 2.11. The van der Waals surface area contributed by atoms with Crippen LogP contribution in [0.4, 0.5) is 0 Å². The zero-order chi connectivity index (χ0) is 7.78. The molecule has 0 amide bonds. The van der Waals surface area contributed by atoms with Crippen LogP contribution in [0, 0.1) is 6.92 Å². The SMILES string of the molecule is Cc1nnc(C(C)(P)P)o1. The van der Waals surface area contributed by atoms with Crippen LogP contribution in [0.2, 0.25) is 0 Å². The predicted molar refractivity (Wildman–Crippen MR) is 45.8 cm³/mol. The lowest BCUT2D eigenvalue weighted by Crippen LogP contribution is -2.01. The Kier molecular flexibility index (Phi) is 2.07. The van der Waals surface area contributed by atoms with Crippen molar-refractivity contribution in [1.82, 2.24) is 10.2 Å². The molecule has 2 unspecified atom stereocenters. The molecule has 1 heterocycles. The van der Waals surface area contributed by atoms with E-state index in [0.29, 0.717) is 11.8 Å². The van der Waals surface area contributed by atoms with E-state index in [4.69, 9.17) is 4.42 Å². The third-order valence-corrected chi connectivity index (χ3v) is 1.48. The lowest BCUT2D eigenvalue weighted by Gasteiger charge is -2.10. The molecule has 56 valence electrons. The first-order chi connectivity index (χ1) is 4.50. The number of rotatable bonds is 1. The maximum atomic E-state index is 5.18. The van der Waals surface area contributed by atoms with E-state index in [2.05, 4.69) is 28.7 Å². The molecule has 0 aliphatic heterocycles. The van der Waals surface area contributed by atoms with Crippen LogP contribution in [0.15, 0.2) is 4.42 Å². The molecule has 2 atom stereocenters. The van der Waals surface area contributed by atoms with Gasteiger partial charge in [-0.15, -0.1) is 28.7 Å². The Bertz CT molecular complexity index is 228. The summed E-state index contributed by atoms with van der Waals surface area (Å²) < 4.78 is 5.18. The molecule has 0 radical (unpaired) electrons. The molecule has 0 saturated carbocycles. The highest BCUT2D eigenvalue weighted by molar-refractivity contribution is 7.38. The van der Waals surface area contributed by atoms with E-state index < -0.39 is 0 Å². The highest BCUT2D eigenvalue weighted by Gasteiger charge is 2.20. The molecule has 5 heteroatoms. The van der Waals surface area contributed by atoms with Crippen molar-refractivity contribution in [3.8, 4) is 0 Å². The second kappa shape index (κ2) is 2.56. The normalized spacial score (nSPS) is 12.0. The second-order valence-corrected chi connectivity index (χ2v) is 5.47. The molecule has 0 fully saturated rings. The van der Waals surface area contributed by atoms with Crippen molar-refractivity contribution in [3.05, 3.63) is 11.8 Å². The van der Waals surface area contributed by atoms with E-state index in [0.717, 1.165) is 0 Å². The molecule has 0 saturated heterocycles. The van der Waals surface area contributed by atoms with Crippen LogP contribution in [0.5, 0.6) is 0 Å². The van der Waals surface area contributed by atoms with Gasteiger partial charge < -0.3 is 4.42 Å². The number of nitrogens with zero attached hydrogens (tertiary/aromatic N) is 2. The Hall–Kier alpha value is -0.0000000000000000555. The van der Waals surface area contributed by atoms with Crippen molar-refractivity contribution in [2.75, 3.05) is 0 Å². The van der Waals surface area contributed by atoms with E-state index in [9.17, 15) is 0 Å². The van der Waals surface area contributed by atoms with Gasteiger partial charge in [-0.1, -0.05) is 0 Å². The molecular formula is C5H10N2OP2. The van der Waals surface area contributed by atoms with Gasteiger partial charge in [0.05, 0.1) is 4.90 Å². The molecule has 0 spiro atoms. The zero-order valence-corrected chi connectivity index (χ0v) is 8.27. The molecule has 0 aliphatic rings. The molecule has 1 aromatic rings. The van der Waals surface area contributed by atoms with Gasteiger partial charge in [0.2, 0.25) is 11.8 Å². The molecule has 0 aromatic carbocycles. The molecule has 0 N–H and O–H groups in total. The van der Waals surface area contributed by atoms with Gasteiger partial charge in [-0.05, 0) is 6.92 Å². The quantitative estimate of drug-likeness (QED) is 0.605. The van der Waals surface area contributed by atoms with Gasteiger partial charge in [0, 0.05) is 6.92 Å². The van der Waals surface area contributed by atoms with Crippen LogP contribution < -0.4 is 0 Å². The van der Waals surface area contributed by atoms with Crippen molar-refractivity contribution in [3.63, 3.8) is 0 Å². The summed E-state index contributed by atoms with van der Waals surface area (Å²) in [4.78, 5) is -0.193. The van der Waals surface area contributed by atoms with Gasteiger partial charge in [0.25, 0.3) is 0 Å². The van der Waals surface area contributed by atoms with Crippen LogP contribution in [0.3, 0.4) is 0 Å². The molecule has 0 bridgehead atoms. The van der Waals surface area contributed by atoms with Crippen LogP contribution in [-0.4, -0.2) is 10.2 Å². The lowest BCUT2D eigenvalue weighted by molar-refractivity contribution is 0.461. The van der Waals surface area contributed by atoms with Crippen molar-refractivity contribution in [2.45, 2.75) is 18.7 Å². The fourth-order valence-corrected chi connectivity index (χ4v) is 0.748. The highest BCUT2D eigenvalue weighted by atomic mass is 31.1. The summed E-state index contributed by atoms with van der Waals surface area (Å²) >= 11 is 0. The van der Waals surface area contributed by atoms with Crippen molar-refractivity contribution < 1.29 is 4.42 Å². The van der Waals surface area contributed by atoms with Crippen LogP contribution in [0.1, 0.15) is 18.7 Å². The molecule has 1 rings (SSSR count). The zero-order valence-electron chi connectivity index (χ0n) is 5.96. The van der Waals surface area contributed by atoms with Gasteiger partial charge >= 0.3 is 0 Å². The number of hydrogen-bond acceptors (Lipinski definition) is 3. The number of aryl methyl sites for hydroxylation is 1. The second-order valence-electron chi connectivity index (χ2n) is 2.41. The summed E-state index contributed by atoms with van der Waals surface area (Å²) in [5, 5.41) is 7.57. The van der Waals surface area contributed by atoms with Crippen molar-refractivity contribution >= 4 is 18.5 Å². The largest absolute Gasteiger partial charge is 0.424 e. The average molecular weight is 176 g/mol. The number of hydrogen-bond donors (Lipinski definition) is 0. The summed E-state index contributed by atoms with van der Waals surface area (Å²) in [5.74, 6) is 1.23. The maximum absolute atomic E-state index is 5.18. The minimum atomic E-state index is -0.193. The molecular weight excluding hydrogens is 166 g/mol. The number of aromatic nitrogens is 2. The topological polar surface area (TPSA) is 38.9 Å². The Balaban J connectivity index is 2.96. The summed E-state index contributed by atoms with van der Waals surface area (Å²) in [7, 11) is 5.22. The summed E-state index contributed by atoms with van der Waals surface area (Å²) in [6.07, 6.45) is 0. The van der Waals surface area contributed by atoms with E-state index in [-0.39, 0.29) is 4.90 Å². The molecule has 10 heavy (non-hydrogen) atoms. The Morgan fingerprint density at radius 1 is 1.40 bits per heavy atom. The van der Waals surface area contributed by atoms with Gasteiger partial charge in [0.1, 0.15) is 0 Å². The van der Waals surface area contributed by atoms with Gasteiger partial charge in [-0.3, -0.25) is 0 Å². The van der Waals surface area contributed by atoms with E-state index in [1.54, 1.807) is 6.92 Å². The summed E-state index contributed by atoms with van der Waals surface area (Å²) in [5.41, 5.74) is 0. The van der Waals surface area contributed by atoms with E-state index >= 15 is 0 Å². The Morgan fingerprint density at radius 3 is 2.20 bits per heavy atom. The first-order valence-corrected chi connectivity index (χ1v) is 4.04. The minimum Gasteiger partial charge on any atom is -0.424 e. The van der Waals surface area contributed by atoms with Crippen LogP contribution in [-0.2, 0) is 4.90 Å². The fourth-order valence-electron chi connectivity index (χ4n) is 0.514. The third-order valence-electron chi connectivity index (χ3n) is 0.987. The first kappa shape index (κ1) is 8.10. The van der Waals surface area contributed by atoms with Gasteiger partial charge in [-0.2, -0.15) is 0 Å².